The Hall–Kier alpha value is -1.30. The fraction of sp³-hybridized carbons (Fsp3) is 0.800. The summed E-state index contributed by atoms with van der Waals surface area (Å²) in [6.45, 7) is 4.50. The molecule has 1 aliphatic carbocycles. The largest absolute Gasteiger partial charge is 0.352 e. The number of rotatable bonds is 5. The molecule has 0 aromatic heterocycles. The van der Waals surface area contributed by atoms with Crippen LogP contribution in [0.1, 0.15) is 33.1 Å². The number of nitrogens with two attached hydrogens (primary N) is 1. The van der Waals surface area contributed by atoms with Crippen molar-refractivity contribution < 1.29 is 4.79 Å². The predicted molar refractivity (Wildman–Crippen MR) is 63.7 cm³/mol. The Labute approximate surface area is 96.0 Å². The number of amides is 1. The number of hydrazine groups is 1. The van der Waals surface area contributed by atoms with E-state index >= 15 is 0 Å². The van der Waals surface area contributed by atoms with Gasteiger partial charge in [0.25, 0.3) is 0 Å². The lowest BCUT2D eigenvalue weighted by molar-refractivity contribution is -0.122. The van der Waals surface area contributed by atoms with Crippen LogP contribution in [0.4, 0.5) is 0 Å². The summed E-state index contributed by atoms with van der Waals surface area (Å²) in [4.78, 5) is 15.8. The van der Waals surface area contributed by atoms with Crippen LogP contribution in [0, 0.1) is 0 Å². The van der Waals surface area contributed by atoms with Gasteiger partial charge in [-0.1, -0.05) is 6.92 Å². The van der Waals surface area contributed by atoms with Crippen molar-refractivity contribution in [1.29, 1.82) is 0 Å². The average molecular weight is 227 g/mol. The highest BCUT2D eigenvalue weighted by Crippen LogP contribution is 2.18. The van der Waals surface area contributed by atoms with Crippen LogP contribution in [0.2, 0.25) is 0 Å². The van der Waals surface area contributed by atoms with E-state index in [0.29, 0.717) is 18.5 Å². The van der Waals surface area contributed by atoms with Crippen molar-refractivity contribution >= 4 is 11.9 Å². The Bertz CT molecular complexity index is 262. The second-order valence-corrected chi connectivity index (χ2v) is 4.02. The lowest BCUT2D eigenvalue weighted by atomic mass is 10.3. The Balaban J connectivity index is 2.34. The topological polar surface area (TPSA) is 91.5 Å². The molecule has 1 unspecified atom stereocenters. The fourth-order valence-corrected chi connectivity index (χ4v) is 1.18. The minimum atomic E-state index is -0.327. The molecule has 92 valence electrons. The van der Waals surface area contributed by atoms with Crippen LogP contribution in [-0.2, 0) is 4.79 Å². The van der Waals surface area contributed by atoms with Gasteiger partial charge >= 0.3 is 0 Å². The number of guanidine groups is 1. The van der Waals surface area contributed by atoms with Crippen LogP contribution >= 0.6 is 0 Å². The molecule has 1 atom stereocenters. The maximum Gasteiger partial charge on any atom is 0.242 e. The molecule has 5 N–H and O–H groups in total. The Morgan fingerprint density at radius 1 is 1.56 bits per heavy atom. The van der Waals surface area contributed by atoms with Crippen molar-refractivity contribution in [3.05, 3.63) is 0 Å². The first-order chi connectivity index (χ1) is 7.67. The van der Waals surface area contributed by atoms with Gasteiger partial charge in [0, 0.05) is 12.6 Å². The second kappa shape index (κ2) is 6.32. The van der Waals surface area contributed by atoms with E-state index in [2.05, 4.69) is 21.1 Å². The summed E-state index contributed by atoms with van der Waals surface area (Å²) in [5.41, 5.74) is 2.45. The van der Waals surface area contributed by atoms with Crippen molar-refractivity contribution in [2.75, 3.05) is 6.54 Å². The molecular weight excluding hydrogens is 206 g/mol. The van der Waals surface area contributed by atoms with Crippen LogP contribution in [0.25, 0.3) is 0 Å². The van der Waals surface area contributed by atoms with Crippen LogP contribution < -0.4 is 21.9 Å². The zero-order valence-electron chi connectivity index (χ0n) is 9.92. The van der Waals surface area contributed by atoms with Gasteiger partial charge < -0.3 is 10.6 Å². The highest BCUT2D eigenvalue weighted by atomic mass is 16.2. The molecule has 0 aliphatic heterocycles. The molecule has 1 aliphatic rings. The third-order valence-corrected chi connectivity index (χ3v) is 2.30. The zero-order valence-corrected chi connectivity index (χ0v) is 9.92. The number of carbonyl (C=O) groups excluding carboxylic acids is 1. The average Bonchev–Trinajstić information content (AvgIpc) is 3.07. The highest BCUT2D eigenvalue weighted by molar-refractivity contribution is 5.88. The number of nitrogens with zero attached hydrogens (tertiary/aromatic N) is 1. The highest BCUT2D eigenvalue weighted by Gasteiger charge is 2.25. The molecule has 0 radical (unpaired) electrons. The fourth-order valence-electron chi connectivity index (χ4n) is 1.18. The minimum absolute atomic E-state index is 0.0121. The lowest BCUT2D eigenvalue weighted by Gasteiger charge is -2.16. The van der Waals surface area contributed by atoms with Gasteiger partial charge in [0.15, 0.2) is 0 Å². The molecule has 0 aromatic rings. The third kappa shape index (κ3) is 4.48. The summed E-state index contributed by atoms with van der Waals surface area (Å²) in [6.07, 6.45) is 3.12. The summed E-state index contributed by atoms with van der Waals surface area (Å²) >= 11 is 0. The van der Waals surface area contributed by atoms with Crippen LogP contribution in [0.3, 0.4) is 0 Å². The van der Waals surface area contributed by atoms with Gasteiger partial charge in [0.05, 0.1) is 0 Å². The molecule has 1 saturated carbocycles. The smallest absolute Gasteiger partial charge is 0.242 e. The maximum atomic E-state index is 11.6. The van der Waals surface area contributed by atoms with Gasteiger partial charge in [0.2, 0.25) is 11.9 Å². The van der Waals surface area contributed by atoms with Gasteiger partial charge in [-0.2, -0.15) is 0 Å². The predicted octanol–water partition coefficient (Wildman–Crippen LogP) is -0.528. The van der Waals surface area contributed by atoms with Crippen LogP contribution in [0.15, 0.2) is 4.99 Å². The molecule has 0 heterocycles. The molecule has 0 spiro atoms. The summed E-state index contributed by atoms with van der Waals surface area (Å²) in [6, 6.07) is 0.0471. The lowest BCUT2D eigenvalue weighted by Crippen LogP contribution is -2.51. The first kappa shape index (κ1) is 12.8. The summed E-state index contributed by atoms with van der Waals surface area (Å²) in [7, 11) is 0. The molecule has 1 fully saturated rings. The van der Waals surface area contributed by atoms with Gasteiger partial charge in [0.1, 0.15) is 6.04 Å². The second-order valence-electron chi connectivity index (χ2n) is 4.02. The summed E-state index contributed by atoms with van der Waals surface area (Å²) in [5, 5.41) is 5.85. The SMILES string of the molecule is CCCN=C(NN)NC(C)C(=O)NC1CC1. The van der Waals surface area contributed by atoms with E-state index < -0.39 is 0 Å². The number of carbonyl (C=O) groups is 1. The van der Waals surface area contributed by atoms with Gasteiger partial charge in [-0.15, -0.1) is 0 Å². The Morgan fingerprint density at radius 3 is 2.75 bits per heavy atom. The molecular formula is C10H21N5O. The molecule has 0 saturated heterocycles. The van der Waals surface area contributed by atoms with E-state index in [9.17, 15) is 4.79 Å². The first-order valence-corrected chi connectivity index (χ1v) is 5.75. The number of aliphatic imine (C=N–C) groups is 1. The number of nitrogens with one attached hydrogen (secondary N) is 3. The molecule has 1 rings (SSSR count). The van der Waals surface area contributed by atoms with E-state index in [1.165, 1.54) is 0 Å². The Kier molecular flexibility index (Phi) is 5.04. The van der Waals surface area contributed by atoms with Gasteiger partial charge in [-0.3, -0.25) is 15.2 Å². The molecule has 1 amide bonds. The number of hydrogen-bond donors (Lipinski definition) is 4. The van der Waals surface area contributed by atoms with Crippen molar-refractivity contribution in [3.8, 4) is 0 Å². The Morgan fingerprint density at radius 2 is 2.25 bits per heavy atom. The summed E-state index contributed by atoms with van der Waals surface area (Å²) in [5.74, 6) is 5.75. The summed E-state index contributed by atoms with van der Waals surface area (Å²) < 4.78 is 0. The van der Waals surface area contributed by atoms with Crippen molar-refractivity contribution in [1.82, 2.24) is 16.1 Å². The maximum absolute atomic E-state index is 11.6. The standard InChI is InChI=1S/C10H21N5O/c1-3-6-12-10(15-11)13-7(2)9(16)14-8-4-5-8/h7-8H,3-6,11H2,1-2H3,(H,14,16)(H2,12,13,15). The zero-order chi connectivity index (χ0) is 12.0. The van der Waals surface area contributed by atoms with E-state index in [1.54, 1.807) is 6.92 Å². The van der Waals surface area contributed by atoms with E-state index in [1.807, 2.05) is 6.92 Å². The first-order valence-electron chi connectivity index (χ1n) is 5.75. The van der Waals surface area contributed by atoms with Crippen molar-refractivity contribution in [2.45, 2.75) is 45.2 Å². The third-order valence-electron chi connectivity index (χ3n) is 2.30. The van der Waals surface area contributed by atoms with Crippen molar-refractivity contribution in [3.63, 3.8) is 0 Å². The van der Waals surface area contributed by atoms with Crippen molar-refractivity contribution in [2.24, 2.45) is 10.8 Å². The van der Waals surface area contributed by atoms with E-state index in [-0.39, 0.29) is 11.9 Å². The van der Waals surface area contributed by atoms with E-state index in [4.69, 9.17) is 5.84 Å². The monoisotopic (exact) mass is 227 g/mol. The van der Waals surface area contributed by atoms with Gasteiger partial charge in [-0.25, -0.2) is 5.84 Å². The number of hydrogen-bond acceptors (Lipinski definition) is 3. The molecule has 6 nitrogen and oxygen atoms in total. The minimum Gasteiger partial charge on any atom is -0.352 e. The van der Waals surface area contributed by atoms with E-state index in [0.717, 1.165) is 19.3 Å². The normalized spacial score (nSPS) is 17.8. The molecule has 16 heavy (non-hydrogen) atoms. The molecule has 6 heteroatoms. The molecule has 0 bridgehead atoms. The van der Waals surface area contributed by atoms with Gasteiger partial charge in [-0.05, 0) is 26.2 Å². The quantitative estimate of drug-likeness (QED) is 0.220. The van der Waals surface area contributed by atoms with Crippen LogP contribution in [0.5, 0.6) is 0 Å². The molecule has 0 aromatic carbocycles. The van der Waals surface area contributed by atoms with Crippen LogP contribution in [-0.4, -0.2) is 30.5 Å².